The minimum absolute atomic E-state index is 0.137. The predicted octanol–water partition coefficient (Wildman–Crippen LogP) is 1.39. The molecule has 0 saturated carbocycles. The number of thiazole rings is 1. The predicted molar refractivity (Wildman–Crippen MR) is 111 cm³/mol. The van der Waals surface area contributed by atoms with E-state index in [1.165, 1.54) is 11.3 Å². The summed E-state index contributed by atoms with van der Waals surface area (Å²) in [4.78, 5) is 29.9. The molecule has 152 valence electrons. The maximum Gasteiger partial charge on any atom is 0.321 e. The van der Waals surface area contributed by atoms with Crippen molar-refractivity contribution in [3.8, 4) is 5.75 Å². The molecule has 3 aromatic rings. The van der Waals surface area contributed by atoms with Gasteiger partial charge in [0, 0.05) is 25.3 Å². The Hall–Kier alpha value is -3.18. The van der Waals surface area contributed by atoms with Crippen LogP contribution in [0.15, 0.2) is 29.8 Å². The van der Waals surface area contributed by atoms with Gasteiger partial charge in [0.05, 0.1) is 25.3 Å². The molecule has 4 rings (SSSR count). The second-order valence-corrected chi connectivity index (χ2v) is 7.38. The number of fused-ring (bicyclic) bond motifs is 1. The third-order valence-corrected chi connectivity index (χ3v) is 5.51. The second kappa shape index (κ2) is 8.05. The monoisotopic (exact) mass is 415 g/mol. The van der Waals surface area contributed by atoms with Crippen LogP contribution in [0.1, 0.15) is 0 Å². The summed E-state index contributed by atoms with van der Waals surface area (Å²) in [5.74, 6) is 1.46. The maximum absolute atomic E-state index is 12.7. The smallest absolute Gasteiger partial charge is 0.321 e. The number of aliphatic hydroxyl groups is 1. The molecule has 0 bridgehead atoms. The van der Waals surface area contributed by atoms with Gasteiger partial charge in [-0.15, -0.1) is 11.3 Å². The lowest BCUT2D eigenvalue weighted by Crippen LogP contribution is -2.57. The number of hydrogen-bond donors (Lipinski definition) is 3. The third-order valence-electron chi connectivity index (χ3n) is 4.79. The highest BCUT2D eigenvalue weighted by atomic mass is 32.1. The molecule has 1 saturated heterocycles. The summed E-state index contributed by atoms with van der Waals surface area (Å²) in [7, 11) is 1.59. The van der Waals surface area contributed by atoms with Gasteiger partial charge in [0.15, 0.2) is 10.6 Å². The standard InChI is InChI=1S/C18H21N7O3S/c1-28-13-4-2-11(3-5-13)21-18(27)24-6-7-25(12(8-24)9-26)15-14-16(29-10-20-14)23-17(19)22-15/h2-5,10,12,26H,6-9H2,1H3,(H,21,27)(H2,19,22,23)/t12-/m1/s1. The van der Waals surface area contributed by atoms with Crippen LogP contribution >= 0.6 is 11.3 Å². The van der Waals surface area contributed by atoms with Gasteiger partial charge < -0.3 is 30.7 Å². The van der Waals surface area contributed by atoms with Crippen LogP contribution in [-0.2, 0) is 0 Å². The van der Waals surface area contributed by atoms with Crippen molar-refractivity contribution in [2.45, 2.75) is 6.04 Å². The van der Waals surface area contributed by atoms with Crippen molar-refractivity contribution >= 4 is 45.2 Å². The number of nitrogens with two attached hydrogens (primary N) is 1. The molecule has 2 amide bonds. The molecule has 2 aromatic heterocycles. The van der Waals surface area contributed by atoms with Gasteiger partial charge >= 0.3 is 6.03 Å². The Morgan fingerprint density at radius 1 is 1.34 bits per heavy atom. The first-order valence-corrected chi connectivity index (χ1v) is 9.91. The molecule has 4 N–H and O–H groups in total. The molecule has 11 heteroatoms. The summed E-state index contributed by atoms with van der Waals surface area (Å²) in [5, 5.41) is 12.8. The molecule has 0 aliphatic carbocycles. The zero-order valence-electron chi connectivity index (χ0n) is 15.8. The van der Waals surface area contributed by atoms with Crippen LogP contribution in [0.2, 0.25) is 0 Å². The summed E-state index contributed by atoms with van der Waals surface area (Å²) in [6.07, 6.45) is 0. The number of nitrogens with zero attached hydrogens (tertiary/aromatic N) is 5. The summed E-state index contributed by atoms with van der Waals surface area (Å²) in [6.45, 7) is 1.16. The molecular formula is C18H21N7O3S. The molecule has 1 aliphatic heterocycles. The average Bonchev–Trinajstić information content (AvgIpc) is 3.21. The number of ether oxygens (including phenoxy) is 1. The van der Waals surface area contributed by atoms with Gasteiger partial charge in [0.1, 0.15) is 11.3 Å². The minimum Gasteiger partial charge on any atom is -0.497 e. The van der Waals surface area contributed by atoms with Gasteiger partial charge in [-0.05, 0) is 24.3 Å². The number of anilines is 3. The van der Waals surface area contributed by atoms with Crippen LogP contribution in [0.4, 0.5) is 22.2 Å². The number of piperazine rings is 1. The first-order valence-electron chi connectivity index (χ1n) is 9.03. The van der Waals surface area contributed by atoms with Gasteiger partial charge in [-0.25, -0.2) is 14.8 Å². The fraction of sp³-hybridized carbons (Fsp3) is 0.333. The number of urea groups is 1. The highest BCUT2D eigenvalue weighted by molar-refractivity contribution is 7.16. The lowest BCUT2D eigenvalue weighted by Gasteiger charge is -2.41. The van der Waals surface area contributed by atoms with Crippen LogP contribution in [0.25, 0.3) is 10.3 Å². The minimum atomic E-state index is -0.329. The van der Waals surface area contributed by atoms with E-state index in [9.17, 15) is 9.90 Å². The normalized spacial score (nSPS) is 16.8. The van der Waals surface area contributed by atoms with Crippen molar-refractivity contribution < 1.29 is 14.6 Å². The van der Waals surface area contributed by atoms with Crippen LogP contribution in [0.3, 0.4) is 0 Å². The van der Waals surface area contributed by atoms with Crippen molar-refractivity contribution in [3.05, 3.63) is 29.8 Å². The van der Waals surface area contributed by atoms with E-state index in [1.54, 1.807) is 41.8 Å². The Morgan fingerprint density at radius 3 is 2.86 bits per heavy atom. The first-order chi connectivity index (χ1) is 14.1. The summed E-state index contributed by atoms with van der Waals surface area (Å²) < 4.78 is 5.13. The van der Waals surface area contributed by atoms with Crippen molar-refractivity contribution in [1.82, 2.24) is 19.9 Å². The van der Waals surface area contributed by atoms with E-state index in [1.807, 2.05) is 4.90 Å². The summed E-state index contributed by atoms with van der Waals surface area (Å²) in [6, 6.07) is 6.56. The molecule has 10 nitrogen and oxygen atoms in total. The Balaban J connectivity index is 1.49. The van der Waals surface area contributed by atoms with Crippen molar-refractivity contribution in [3.63, 3.8) is 0 Å². The molecule has 3 heterocycles. The number of aromatic nitrogens is 3. The lowest BCUT2D eigenvalue weighted by molar-refractivity contribution is 0.174. The Morgan fingerprint density at radius 2 is 2.14 bits per heavy atom. The summed E-state index contributed by atoms with van der Waals surface area (Å²) in [5.41, 5.74) is 8.86. The van der Waals surface area contributed by atoms with Crippen molar-refractivity contribution in [1.29, 1.82) is 0 Å². The number of rotatable bonds is 4. The lowest BCUT2D eigenvalue weighted by atomic mass is 10.1. The van der Waals surface area contributed by atoms with Gasteiger partial charge in [-0.3, -0.25) is 0 Å². The number of nitrogen functional groups attached to an aromatic ring is 1. The topological polar surface area (TPSA) is 130 Å². The Kier molecular flexibility index (Phi) is 5.32. The number of methoxy groups -OCH3 is 1. The van der Waals surface area contributed by atoms with Crippen LogP contribution in [0.5, 0.6) is 5.75 Å². The number of aliphatic hydroxyl groups excluding tert-OH is 1. The molecule has 1 aromatic carbocycles. The maximum atomic E-state index is 12.7. The van der Waals surface area contributed by atoms with Gasteiger partial charge in [0.2, 0.25) is 5.95 Å². The average molecular weight is 415 g/mol. The van der Waals surface area contributed by atoms with E-state index in [2.05, 4.69) is 20.3 Å². The Bertz CT molecular complexity index is 1010. The van der Waals surface area contributed by atoms with Crippen LogP contribution in [-0.4, -0.2) is 70.4 Å². The van der Waals surface area contributed by atoms with Crippen molar-refractivity contribution in [2.75, 3.05) is 49.3 Å². The summed E-state index contributed by atoms with van der Waals surface area (Å²) >= 11 is 1.38. The zero-order chi connectivity index (χ0) is 20.4. The SMILES string of the molecule is COc1ccc(NC(=O)N2CCN(c3nc(N)nc4scnc34)[C@@H](CO)C2)cc1. The molecule has 1 atom stereocenters. The fourth-order valence-corrected chi connectivity index (χ4v) is 3.97. The second-order valence-electron chi connectivity index (χ2n) is 6.55. The van der Waals surface area contributed by atoms with E-state index in [4.69, 9.17) is 10.5 Å². The van der Waals surface area contributed by atoms with E-state index >= 15 is 0 Å². The molecule has 1 fully saturated rings. The highest BCUT2D eigenvalue weighted by Crippen LogP contribution is 2.29. The number of carbonyl (C=O) groups excluding carboxylic acids is 1. The fourth-order valence-electron chi connectivity index (χ4n) is 3.32. The number of amides is 2. The van der Waals surface area contributed by atoms with Gasteiger partial charge in [-0.1, -0.05) is 0 Å². The number of hydrogen-bond acceptors (Lipinski definition) is 9. The number of benzene rings is 1. The molecular weight excluding hydrogens is 394 g/mol. The number of carbonyl (C=O) groups is 1. The molecule has 0 radical (unpaired) electrons. The quantitative estimate of drug-likeness (QED) is 0.583. The highest BCUT2D eigenvalue weighted by Gasteiger charge is 2.32. The zero-order valence-corrected chi connectivity index (χ0v) is 16.6. The third kappa shape index (κ3) is 3.87. The van der Waals surface area contributed by atoms with E-state index < -0.39 is 0 Å². The van der Waals surface area contributed by atoms with Crippen LogP contribution < -0.4 is 20.7 Å². The molecule has 29 heavy (non-hydrogen) atoms. The van der Waals surface area contributed by atoms with Crippen molar-refractivity contribution in [2.24, 2.45) is 0 Å². The molecule has 0 spiro atoms. The van der Waals surface area contributed by atoms with E-state index in [0.29, 0.717) is 41.5 Å². The van der Waals surface area contributed by atoms with Gasteiger partial charge in [0.25, 0.3) is 0 Å². The Labute approximate surface area is 170 Å². The first kappa shape index (κ1) is 19.2. The molecule has 1 aliphatic rings. The van der Waals surface area contributed by atoms with E-state index in [-0.39, 0.29) is 24.6 Å². The van der Waals surface area contributed by atoms with Crippen LogP contribution in [0, 0.1) is 0 Å². The number of nitrogens with one attached hydrogen (secondary N) is 1. The van der Waals surface area contributed by atoms with Gasteiger partial charge in [-0.2, -0.15) is 4.98 Å². The molecule has 0 unspecified atom stereocenters. The largest absolute Gasteiger partial charge is 0.497 e. The van der Waals surface area contributed by atoms with E-state index in [0.717, 1.165) is 5.75 Å².